The van der Waals surface area contributed by atoms with E-state index in [1.807, 2.05) is 6.07 Å². The van der Waals surface area contributed by atoms with Crippen molar-refractivity contribution in [1.82, 2.24) is 9.80 Å². The van der Waals surface area contributed by atoms with E-state index in [1.54, 1.807) is 0 Å². The van der Waals surface area contributed by atoms with Crippen LogP contribution in [-0.2, 0) is 16.1 Å². The van der Waals surface area contributed by atoms with Gasteiger partial charge in [-0.05, 0) is 12.5 Å². The van der Waals surface area contributed by atoms with Gasteiger partial charge in [-0.1, -0.05) is 30.3 Å². The summed E-state index contributed by atoms with van der Waals surface area (Å²) in [6.07, 6.45) is 0.425. The Hall–Kier alpha value is -1.23. The molecule has 0 spiro atoms. The zero-order valence-electron chi connectivity index (χ0n) is 11.2. The fraction of sp³-hybridized carbons (Fsp3) is 0.467. The van der Waals surface area contributed by atoms with Gasteiger partial charge in [0.05, 0.1) is 0 Å². The van der Waals surface area contributed by atoms with E-state index in [4.69, 9.17) is 4.74 Å². The molecule has 0 saturated carbocycles. The number of hydrogen-bond donors (Lipinski definition) is 0. The first-order valence-electron chi connectivity index (χ1n) is 6.70. The standard InChI is InChI=1S/C15H21N2O2/c1-2-19-15(13-18)17-10-8-16(9-11-17)12-14-6-4-3-5-7-14/h3-7,13,15H,1-2,8-12H2. The van der Waals surface area contributed by atoms with E-state index in [2.05, 4.69) is 41.0 Å². The highest BCUT2D eigenvalue weighted by Gasteiger charge is 2.23. The molecule has 1 heterocycles. The molecule has 0 amide bonds. The summed E-state index contributed by atoms with van der Waals surface area (Å²) < 4.78 is 5.31. The highest BCUT2D eigenvalue weighted by molar-refractivity contribution is 5.55. The van der Waals surface area contributed by atoms with Gasteiger partial charge in [0.1, 0.15) is 0 Å². The van der Waals surface area contributed by atoms with Gasteiger partial charge >= 0.3 is 0 Å². The molecule has 1 unspecified atom stereocenters. The molecule has 1 aromatic carbocycles. The molecule has 1 aromatic rings. The van der Waals surface area contributed by atoms with Crippen LogP contribution in [0.3, 0.4) is 0 Å². The first-order valence-corrected chi connectivity index (χ1v) is 6.70. The number of carbonyl (C=O) groups excluding carboxylic acids is 1. The Morgan fingerprint density at radius 2 is 1.89 bits per heavy atom. The lowest BCUT2D eigenvalue weighted by molar-refractivity contribution is -0.132. The van der Waals surface area contributed by atoms with Crippen LogP contribution in [0.5, 0.6) is 0 Å². The highest BCUT2D eigenvalue weighted by Crippen LogP contribution is 2.10. The molecule has 1 radical (unpaired) electrons. The molecule has 1 fully saturated rings. The Bertz CT molecular complexity index is 375. The van der Waals surface area contributed by atoms with Crippen LogP contribution in [0.2, 0.25) is 0 Å². The second-order valence-electron chi connectivity index (χ2n) is 4.70. The van der Waals surface area contributed by atoms with Gasteiger partial charge in [-0.3, -0.25) is 14.6 Å². The Labute approximate surface area is 115 Å². The summed E-state index contributed by atoms with van der Waals surface area (Å²) in [7, 11) is 0. The summed E-state index contributed by atoms with van der Waals surface area (Å²) in [4.78, 5) is 15.4. The van der Waals surface area contributed by atoms with Crippen LogP contribution in [0.1, 0.15) is 5.56 Å². The predicted octanol–water partition coefficient (Wildman–Crippen LogP) is 1.18. The summed E-state index contributed by atoms with van der Waals surface area (Å²) in [6.45, 7) is 8.55. The third-order valence-corrected chi connectivity index (χ3v) is 3.42. The fourth-order valence-electron chi connectivity index (χ4n) is 2.37. The zero-order chi connectivity index (χ0) is 13.5. The van der Waals surface area contributed by atoms with Gasteiger partial charge in [0.15, 0.2) is 12.5 Å². The van der Waals surface area contributed by atoms with Crippen molar-refractivity contribution in [2.75, 3.05) is 32.8 Å². The maximum Gasteiger partial charge on any atom is 0.167 e. The predicted molar refractivity (Wildman–Crippen MR) is 74.5 cm³/mol. The lowest BCUT2D eigenvalue weighted by Gasteiger charge is -2.37. The third-order valence-electron chi connectivity index (χ3n) is 3.42. The van der Waals surface area contributed by atoms with Crippen molar-refractivity contribution < 1.29 is 9.53 Å². The maximum absolute atomic E-state index is 11.0. The number of nitrogens with zero attached hydrogens (tertiary/aromatic N) is 2. The third kappa shape index (κ3) is 4.13. The molecule has 103 valence electrons. The minimum Gasteiger partial charge on any atom is -0.356 e. The number of ether oxygens (including phenoxy) is 1. The van der Waals surface area contributed by atoms with Gasteiger partial charge in [0.25, 0.3) is 0 Å². The average molecular weight is 261 g/mol. The average Bonchev–Trinajstić information content (AvgIpc) is 2.47. The number of benzene rings is 1. The molecule has 0 aliphatic carbocycles. The van der Waals surface area contributed by atoms with Crippen molar-refractivity contribution >= 4 is 6.29 Å². The SMILES string of the molecule is [CH2]COC(C=O)N1CCN(Cc2ccccc2)CC1. The van der Waals surface area contributed by atoms with Crippen LogP contribution in [0.15, 0.2) is 30.3 Å². The first kappa shape index (κ1) is 14.2. The Kier molecular flexibility index (Phi) is 5.51. The molecule has 1 saturated heterocycles. The summed E-state index contributed by atoms with van der Waals surface area (Å²) >= 11 is 0. The molecule has 19 heavy (non-hydrogen) atoms. The van der Waals surface area contributed by atoms with Gasteiger partial charge < -0.3 is 4.74 Å². The molecular formula is C15H21N2O2. The van der Waals surface area contributed by atoms with E-state index in [0.717, 1.165) is 39.0 Å². The van der Waals surface area contributed by atoms with Crippen LogP contribution >= 0.6 is 0 Å². The van der Waals surface area contributed by atoms with Gasteiger partial charge in [0.2, 0.25) is 0 Å². The molecule has 0 N–H and O–H groups in total. The van der Waals surface area contributed by atoms with Gasteiger partial charge in [-0.2, -0.15) is 0 Å². The maximum atomic E-state index is 11.0. The van der Waals surface area contributed by atoms with Crippen molar-refractivity contribution in [2.24, 2.45) is 0 Å². The monoisotopic (exact) mass is 261 g/mol. The lowest BCUT2D eigenvalue weighted by Crippen LogP contribution is -2.51. The smallest absolute Gasteiger partial charge is 0.167 e. The van der Waals surface area contributed by atoms with E-state index in [-0.39, 0.29) is 0 Å². The Balaban J connectivity index is 1.80. The molecule has 1 aliphatic heterocycles. The van der Waals surface area contributed by atoms with Crippen molar-refractivity contribution in [2.45, 2.75) is 12.8 Å². The molecule has 1 atom stereocenters. The van der Waals surface area contributed by atoms with Gasteiger partial charge in [0, 0.05) is 39.3 Å². The largest absolute Gasteiger partial charge is 0.356 e. The molecule has 4 heteroatoms. The number of aldehydes is 1. The summed E-state index contributed by atoms with van der Waals surface area (Å²) in [6, 6.07) is 10.5. The van der Waals surface area contributed by atoms with E-state index in [9.17, 15) is 4.79 Å². The number of hydrogen-bond acceptors (Lipinski definition) is 4. The van der Waals surface area contributed by atoms with Crippen LogP contribution in [-0.4, -0.2) is 55.1 Å². The van der Waals surface area contributed by atoms with Crippen LogP contribution in [0.4, 0.5) is 0 Å². The molecule has 2 rings (SSSR count). The topological polar surface area (TPSA) is 32.8 Å². The van der Waals surface area contributed by atoms with Crippen LogP contribution in [0.25, 0.3) is 0 Å². The van der Waals surface area contributed by atoms with Crippen molar-refractivity contribution in [3.63, 3.8) is 0 Å². The molecule has 0 aromatic heterocycles. The minimum absolute atomic E-state index is 0.327. The zero-order valence-corrected chi connectivity index (χ0v) is 11.2. The van der Waals surface area contributed by atoms with Crippen molar-refractivity contribution in [3.05, 3.63) is 42.8 Å². The first-order chi connectivity index (χ1) is 9.33. The minimum atomic E-state index is -0.434. The Morgan fingerprint density at radius 3 is 2.47 bits per heavy atom. The van der Waals surface area contributed by atoms with Crippen molar-refractivity contribution in [3.8, 4) is 0 Å². The normalized spacial score (nSPS) is 19.2. The molecular weight excluding hydrogens is 240 g/mol. The Morgan fingerprint density at radius 1 is 1.21 bits per heavy atom. The second-order valence-corrected chi connectivity index (χ2v) is 4.70. The van der Waals surface area contributed by atoms with E-state index in [0.29, 0.717) is 6.61 Å². The summed E-state index contributed by atoms with van der Waals surface area (Å²) in [5.74, 6) is 0. The second kappa shape index (κ2) is 7.38. The fourth-order valence-corrected chi connectivity index (χ4v) is 2.37. The van der Waals surface area contributed by atoms with Crippen LogP contribution < -0.4 is 0 Å². The highest BCUT2D eigenvalue weighted by atomic mass is 16.5. The molecule has 0 bridgehead atoms. The number of rotatable bonds is 6. The number of carbonyl (C=O) groups is 1. The summed E-state index contributed by atoms with van der Waals surface area (Å²) in [5.41, 5.74) is 1.33. The van der Waals surface area contributed by atoms with E-state index in [1.165, 1.54) is 5.56 Å². The molecule has 1 aliphatic rings. The van der Waals surface area contributed by atoms with Gasteiger partial charge in [-0.15, -0.1) is 0 Å². The van der Waals surface area contributed by atoms with Crippen molar-refractivity contribution in [1.29, 1.82) is 0 Å². The lowest BCUT2D eigenvalue weighted by atomic mass is 10.2. The van der Waals surface area contributed by atoms with Gasteiger partial charge in [-0.25, -0.2) is 0 Å². The summed E-state index contributed by atoms with van der Waals surface area (Å²) in [5, 5.41) is 0. The quantitative estimate of drug-likeness (QED) is 0.720. The van der Waals surface area contributed by atoms with Crippen LogP contribution in [0, 0.1) is 6.92 Å². The number of piperazine rings is 1. The van der Waals surface area contributed by atoms with E-state index >= 15 is 0 Å². The molecule has 4 nitrogen and oxygen atoms in total. The van der Waals surface area contributed by atoms with E-state index < -0.39 is 6.23 Å².